The molecule has 0 saturated heterocycles. The zero-order chi connectivity index (χ0) is 15.2. The first-order valence-electron chi connectivity index (χ1n) is 7.02. The fourth-order valence-corrected chi connectivity index (χ4v) is 2.22. The van der Waals surface area contributed by atoms with Crippen molar-refractivity contribution in [2.75, 3.05) is 24.6 Å². The number of nitrogen functional groups attached to an aromatic ring is 1. The van der Waals surface area contributed by atoms with Crippen LogP contribution < -0.4 is 16.4 Å². The van der Waals surface area contributed by atoms with E-state index in [1.54, 1.807) is 25.2 Å². The van der Waals surface area contributed by atoms with Gasteiger partial charge in [0.25, 0.3) is 5.91 Å². The first kappa shape index (κ1) is 14.9. The van der Waals surface area contributed by atoms with Gasteiger partial charge in [0.15, 0.2) is 0 Å². The summed E-state index contributed by atoms with van der Waals surface area (Å²) < 4.78 is 0. The Morgan fingerprint density at radius 3 is 2.67 bits per heavy atom. The highest BCUT2D eigenvalue weighted by Gasteiger charge is 2.06. The summed E-state index contributed by atoms with van der Waals surface area (Å²) in [5.74, 6) is -0.114. The Kier molecular flexibility index (Phi) is 4.82. The lowest BCUT2D eigenvalue weighted by Gasteiger charge is -2.12. The van der Waals surface area contributed by atoms with E-state index in [0.717, 1.165) is 18.7 Å². The minimum absolute atomic E-state index is 0.114. The van der Waals surface area contributed by atoms with E-state index in [1.807, 2.05) is 12.1 Å². The molecule has 0 aliphatic carbocycles. The van der Waals surface area contributed by atoms with E-state index in [1.165, 1.54) is 11.1 Å². The van der Waals surface area contributed by atoms with Gasteiger partial charge in [-0.25, -0.2) is 0 Å². The zero-order valence-corrected chi connectivity index (χ0v) is 12.4. The second-order valence-corrected chi connectivity index (χ2v) is 4.98. The van der Waals surface area contributed by atoms with Crippen molar-refractivity contribution in [3.8, 4) is 0 Å². The summed E-state index contributed by atoms with van der Waals surface area (Å²) >= 11 is 0. The molecule has 0 bridgehead atoms. The van der Waals surface area contributed by atoms with Gasteiger partial charge in [-0.15, -0.1) is 0 Å². The third-order valence-corrected chi connectivity index (χ3v) is 3.51. The monoisotopic (exact) mass is 283 g/mol. The average Bonchev–Trinajstić information content (AvgIpc) is 2.50. The van der Waals surface area contributed by atoms with Crippen molar-refractivity contribution in [1.29, 1.82) is 0 Å². The first-order valence-corrected chi connectivity index (χ1v) is 7.02. The van der Waals surface area contributed by atoms with E-state index in [2.05, 4.69) is 29.7 Å². The van der Waals surface area contributed by atoms with E-state index in [0.29, 0.717) is 11.3 Å². The van der Waals surface area contributed by atoms with Crippen LogP contribution in [0.2, 0.25) is 0 Å². The van der Waals surface area contributed by atoms with E-state index >= 15 is 0 Å². The van der Waals surface area contributed by atoms with Crippen LogP contribution in [-0.4, -0.2) is 19.5 Å². The number of hydrogen-bond donors (Lipinski definition) is 3. The fraction of sp³-hybridized carbons (Fsp3) is 0.235. The maximum Gasteiger partial charge on any atom is 0.251 e. The molecule has 2 aromatic rings. The van der Waals surface area contributed by atoms with E-state index in [9.17, 15) is 4.79 Å². The zero-order valence-electron chi connectivity index (χ0n) is 12.4. The number of nitrogens with two attached hydrogens (primary N) is 1. The quantitative estimate of drug-likeness (QED) is 0.739. The molecule has 0 spiro atoms. The Hall–Kier alpha value is -2.49. The lowest BCUT2D eigenvalue weighted by molar-refractivity contribution is 0.0963. The number of anilines is 2. The fourth-order valence-electron chi connectivity index (χ4n) is 2.22. The van der Waals surface area contributed by atoms with Crippen LogP contribution in [0.1, 0.15) is 21.5 Å². The summed E-state index contributed by atoms with van der Waals surface area (Å²) in [6, 6.07) is 13.6. The molecule has 4 N–H and O–H groups in total. The molecule has 0 aliphatic rings. The first-order chi connectivity index (χ1) is 10.1. The molecule has 21 heavy (non-hydrogen) atoms. The van der Waals surface area contributed by atoms with Crippen LogP contribution in [0.4, 0.5) is 11.4 Å². The molecule has 4 nitrogen and oxygen atoms in total. The smallest absolute Gasteiger partial charge is 0.251 e. The number of rotatable bonds is 5. The topological polar surface area (TPSA) is 67.2 Å². The average molecular weight is 283 g/mol. The highest BCUT2D eigenvalue weighted by Crippen LogP contribution is 2.20. The third kappa shape index (κ3) is 3.75. The van der Waals surface area contributed by atoms with Crippen LogP contribution in [0, 0.1) is 6.92 Å². The van der Waals surface area contributed by atoms with Crippen molar-refractivity contribution >= 4 is 17.3 Å². The number of hydrogen-bond acceptors (Lipinski definition) is 3. The van der Waals surface area contributed by atoms with Gasteiger partial charge in [0.1, 0.15) is 0 Å². The number of aryl methyl sites for hydroxylation is 1. The molecule has 0 aliphatic heterocycles. The molecule has 0 saturated carbocycles. The molecule has 0 fully saturated rings. The van der Waals surface area contributed by atoms with Gasteiger partial charge in [-0.3, -0.25) is 4.79 Å². The lowest BCUT2D eigenvalue weighted by atomic mass is 10.1. The predicted molar refractivity (Wildman–Crippen MR) is 87.6 cm³/mol. The molecular weight excluding hydrogens is 262 g/mol. The van der Waals surface area contributed by atoms with E-state index in [4.69, 9.17) is 5.73 Å². The van der Waals surface area contributed by atoms with Crippen molar-refractivity contribution in [2.24, 2.45) is 0 Å². The normalized spacial score (nSPS) is 10.2. The minimum atomic E-state index is -0.114. The molecule has 0 aromatic heterocycles. The van der Waals surface area contributed by atoms with E-state index < -0.39 is 0 Å². The molecule has 1 amide bonds. The Morgan fingerprint density at radius 2 is 1.95 bits per heavy atom. The van der Waals surface area contributed by atoms with Gasteiger partial charge in [0.2, 0.25) is 0 Å². The summed E-state index contributed by atoms with van der Waals surface area (Å²) in [5.41, 5.74) is 10.6. The van der Waals surface area contributed by atoms with Gasteiger partial charge in [-0.05, 0) is 42.7 Å². The standard InChI is InChI=1S/C17H21N3O/c1-12-5-3-4-6-13(12)9-10-20-16-11-14(17(21)19-2)7-8-15(16)18/h3-8,11,20H,9-10,18H2,1-2H3,(H,19,21). The summed E-state index contributed by atoms with van der Waals surface area (Å²) in [6.45, 7) is 2.88. The number of amides is 1. The molecule has 110 valence electrons. The van der Waals surface area contributed by atoms with Crippen LogP contribution in [0.15, 0.2) is 42.5 Å². The molecule has 0 radical (unpaired) electrons. The molecule has 0 atom stereocenters. The SMILES string of the molecule is CNC(=O)c1ccc(N)c(NCCc2ccccc2C)c1. The van der Waals surface area contributed by atoms with Crippen LogP contribution in [-0.2, 0) is 6.42 Å². The Labute approximate surface area is 125 Å². The van der Waals surface area contributed by atoms with Crippen molar-refractivity contribution in [3.63, 3.8) is 0 Å². The van der Waals surface area contributed by atoms with Gasteiger partial charge in [-0.2, -0.15) is 0 Å². The Bertz CT molecular complexity index is 638. The van der Waals surface area contributed by atoms with Crippen molar-refractivity contribution < 1.29 is 4.79 Å². The van der Waals surface area contributed by atoms with Crippen molar-refractivity contribution in [2.45, 2.75) is 13.3 Å². The van der Waals surface area contributed by atoms with E-state index in [-0.39, 0.29) is 5.91 Å². The van der Waals surface area contributed by atoms with Crippen LogP contribution in [0.25, 0.3) is 0 Å². The summed E-state index contributed by atoms with van der Waals surface area (Å²) in [7, 11) is 1.62. The van der Waals surface area contributed by atoms with Gasteiger partial charge < -0.3 is 16.4 Å². The predicted octanol–water partition coefficient (Wildman–Crippen LogP) is 2.59. The molecule has 0 heterocycles. The van der Waals surface area contributed by atoms with Gasteiger partial charge in [0, 0.05) is 19.2 Å². The highest BCUT2D eigenvalue weighted by molar-refractivity contribution is 5.96. The van der Waals surface area contributed by atoms with Crippen molar-refractivity contribution in [1.82, 2.24) is 5.32 Å². The van der Waals surface area contributed by atoms with Crippen LogP contribution in [0.5, 0.6) is 0 Å². The Balaban J connectivity index is 2.03. The van der Waals surface area contributed by atoms with Gasteiger partial charge in [-0.1, -0.05) is 24.3 Å². The third-order valence-electron chi connectivity index (χ3n) is 3.51. The summed E-state index contributed by atoms with van der Waals surface area (Å²) in [6.07, 6.45) is 0.913. The number of carbonyl (C=O) groups excluding carboxylic acids is 1. The minimum Gasteiger partial charge on any atom is -0.397 e. The maximum absolute atomic E-state index is 11.6. The molecular formula is C17H21N3O. The number of benzene rings is 2. The van der Waals surface area contributed by atoms with Gasteiger partial charge in [0.05, 0.1) is 11.4 Å². The van der Waals surface area contributed by atoms with Gasteiger partial charge >= 0.3 is 0 Å². The molecule has 2 aromatic carbocycles. The van der Waals surface area contributed by atoms with Crippen LogP contribution in [0.3, 0.4) is 0 Å². The van der Waals surface area contributed by atoms with Crippen LogP contribution >= 0.6 is 0 Å². The molecule has 2 rings (SSSR count). The largest absolute Gasteiger partial charge is 0.397 e. The lowest BCUT2D eigenvalue weighted by Crippen LogP contribution is -2.18. The second kappa shape index (κ2) is 6.79. The summed E-state index contributed by atoms with van der Waals surface area (Å²) in [4.78, 5) is 11.6. The summed E-state index contributed by atoms with van der Waals surface area (Å²) in [5, 5.41) is 5.91. The van der Waals surface area contributed by atoms with Crippen molar-refractivity contribution in [3.05, 3.63) is 59.2 Å². The number of carbonyl (C=O) groups is 1. The number of nitrogens with one attached hydrogen (secondary N) is 2. The highest BCUT2D eigenvalue weighted by atomic mass is 16.1. The molecule has 0 unspecified atom stereocenters. The molecule has 4 heteroatoms. The Morgan fingerprint density at radius 1 is 1.19 bits per heavy atom. The second-order valence-electron chi connectivity index (χ2n) is 4.98. The maximum atomic E-state index is 11.6.